The van der Waals surface area contributed by atoms with Crippen molar-refractivity contribution < 1.29 is 18.1 Å². The molecule has 0 spiro atoms. The van der Waals surface area contributed by atoms with E-state index in [9.17, 15) is 13.9 Å². The van der Waals surface area contributed by atoms with Gasteiger partial charge in [-0.15, -0.1) is 0 Å². The molecule has 1 aliphatic heterocycles. The van der Waals surface area contributed by atoms with E-state index < -0.39 is 16.8 Å². The van der Waals surface area contributed by atoms with E-state index in [1.807, 2.05) is 6.92 Å². The average Bonchev–Trinajstić information content (AvgIpc) is 2.69. The highest BCUT2D eigenvalue weighted by Crippen LogP contribution is 2.36. The summed E-state index contributed by atoms with van der Waals surface area (Å²) in [6.45, 7) is 3.24. The van der Waals surface area contributed by atoms with E-state index >= 15 is 0 Å². The van der Waals surface area contributed by atoms with Crippen LogP contribution in [0.25, 0.3) is 0 Å². The van der Waals surface area contributed by atoms with Crippen LogP contribution in [0.15, 0.2) is 41.3 Å². The minimum absolute atomic E-state index is 0.114. The number of methoxy groups -OCH3 is 1. The summed E-state index contributed by atoms with van der Waals surface area (Å²) < 4.78 is 39.3. The Labute approximate surface area is 165 Å². The van der Waals surface area contributed by atoms with Crippen molar-refractivity contribution in [3.05, 3.63) is 53.3 Å². The lowest BCUT2D eigenvalue weighted by Crippen LogP contribution is -2.57. The fraction of sp³-hybridized carbons (Fsp3) is 0.300. The van der Waals surface area contributed by atoms with Gasteiger partial charge in [0.05, 0.1) is 29.7 Å². The lowest BCUT2D eigenvalue weighted by atomic mass is 9.85. The van der Waals surface area contributed by atoms with Crippen LogP contribution in [-0.4, -0.2) is 35.3 Å². The van der Waals surface area contributed by atoms with Gasteiger partial charge in [0, 0.05) is 30.6 Å². The number of ether oxygens (including phenoxy) is 2. The third kappa shape index (κ3) is 3.84. The van der Waals surface area contributed by atoms with E-state index in [-0.39, 0.29) is 29.1 Å². The third-order valence-electron chi connectivity index (χ3n) is 4.50. The van der Waals surface area contributed by atoms with E-state index in [2.05, 4.69) is 6.07 Å². The molecule has 144 valence electrons. The zero-order valence-corrected chi connectivity index (χ0v) is 16.3. The van der Waals surface area contributed by atoms with E-state index in [0.717, 1.165) is 6.07 Å². The van der Waals surface area contributed by atoms with Gasteiger partial charge in [-0.2, -0.15) is 10.5 Å². The summed E-state index contributed by atoms with van der Waals surface area (Å²) >= 11 is 0. The van der Waals surface area contributed by atoms with Gasteiger partial charge in [-0.1, -0.05) is 19.1 Å². The molecule has 0 aromatic heterocycles. The zero-order valence-electron chi connectivity index (χ0n) is 15.4. The van der Waals surface area contributed by atoms with Crippen LogP contribution in [-0.2, 0) is 11.0 Å². The second kappa shape index (κ2) is 7.97. The highest BCUT2D eigenvalue weighted by Gasteiger charge is 2.43. The molecule has 28 heavy (non-hydrogen) atoms. The van der Waals surface area contributed by atoms with Crippen LogP contribution in [0.4, 0.5) is 4.39 Å². The van der Waals surface area contributed by atoms with Gasteiger partial charge in [0.25, 0.3) is 0 Å². The van der Waals surface area contributed by atoms with Gasteiger partial charge in [0.15, 0.2) is 11.5 Å². The lowest BCUT2D eigenvalue weighted by Gasteiger charge is -2.46. The van der Waals surface area contributed by atoms with Crippen molar-refractivity contribution >= 4 is 11.0 Å². The first kappa shape index (κ1) is 19.8. The van der Waals surface area contributed by atoms with Crippen molar-refractivity contribution in [3.8, 4) is 23.6 Å². The van der Waals surface area contributed by atoms with Gasteiger partial charge in [0.2, 0.25) is 0 Å². The van der Waals surface area contributed by atoms with Crippen LogP contribution in [0.3, 0.4) is 0 Å². The number of hydrogen-bond acceptors (Lipinski definition) is 5. The van der Waals surface area contributed by atoms with Crippen LogP contribution in [0, 0.1) is 33.9 Å². The molecule has 0 bridgehead atoms. The first-order valence-electron chi connectivity index (χ1n) is 8.47. The van der Waals surface area contributed by atoms with Crippen molar-refractivity contribution in [2.45, 2.75) is 11.8 Å². The Morgan fingerprint density at radius 1 is 1.18 bits per heavy atom. The molecule has 3 rings (SSSR count). The topological polar surface area (TPSA) is 86.3 Å². The zero-order chi connectivity index (χ0) is 20.3. The molecule has 0 amide bonds. The highest BCUT2D eigenvalue weighted by atomic mass is 32.2. The third-order valence-corrected chi connectivity index (χ3v) is 5.96. The molecule has 0 saturated carbocycles. The van der Waals surface area contributed by atoms with Crippen LogP contribution in [0.5, 0.6) is 11.5 Å². The summed E-state index contributed by atoms with van der Waals surface area (Å²) in [5.74, 6) is -0.174. The second-order valence-electron chi connectivity index (χ2n) is 6.85. The predicted octanol–water partition coefficient (Wildman–Crippen LogP) is 3.00. The quantitative estimate of drug-likeness (QED) is 0.745. The molecule has 1 unspecified atom stereocenters. The standard InChI is InChI=1S/C20H18FN3O3S/c1-20(13-27-18-8-16(21)15(10-23)7-17(18)26-2)11-24(12-20)28(25)19-6-4-3-5-14(19)9-22/h3-8H,11-13H2,1-2H3. The van der Waals surface area contributed by atoms with Gasteiger partial charge in [-0.3, -0.25) is 0 Å². The fourth-order valence-corrected chi connectivity index (χ4v) is 4.64. The number of benzene rings is 2. The maximum absolute atomic E-state index is 13.9. The number of hydrogen-bond donors (Lipinski definition) is 0. The summed E-state index contributed by atoms with van der Waals surface area (Å²) in [6, 6.07) is 13.1. The average molecular weight is 399 g/mol. The molecular formula is C20H18FN3O3S. The summed E-state index contributed by atoms with van der Waals surface area (Å²) in [7, 11) is -0.00649. The monoisotopic (exact) mass is 399 g/mol. The van der Waals surface area contributed by atoms with Crippen molar-refractivity contribution in [2.75, 3.05) is 26.8 Å². The van der Waals surface area contributed by atoms with Crippen LogP contribution >= 0.6 is 0 Å². The molecule has 2 aromatic carbocycles. The summed E-state index contributed by atoms with van der Waals surface area (Å²) in [5.41, 5.74) is -0.00706. The smallest absolute Gasteiger partial charge is 0.164 e. The lowest BCUT2D eigenvalue weighted by molar-refractivity contribution is 0.0383. The Bertz CT molecular complexity index is 1010. The molecule has 2 aromatic rings. The van der Waals surface area contributed by atoms with Crippen molar-refractivity contribution in [1.82, 2.24) is 4.31 Å². The molecule has 0 N–H and O–H groups in total. The number of nitriles is 2. The Morgan fingerprint density at radius 2 is 1.86 bits per heavy atom. The van der Waals surface area contributed by atoms with Crippen LogP contribution in [0.1, 0.15) is 18.1 Å². The number of halogens is 1. The van der Waals surface area contributed by atoms with Gasteiger partial charge in [0.1, 0.15) is 28.9 Å². The van der Waals surface area contributed by atoms with Gasteiger partial charge in [-0.05, 0) is 12.1 Å². The van der Waals surface area contributed by atoms with Crippen molar-refractivity contribution in [1.29, 1.82) is 10.5 Å². The van der Waals surface area contributed by atoms with Crippen molar-refractivity contribution in [2.24, 2.45) is 5.41 Å². The fourth-order valence-electron chi connectivity index (χ4n) is 3.01. The van der Waals surface area contributed by atoms with E-state index in [4.69, 9.17) is 14.7 Å². The number of rotatable bonds is 6. The molecule has 1 atom stereocenters. The SMILES string of the molecule is COc1cc(C#N)c(F)cc1OCC1(C)CN(S(=O)c2ccccc2C#N)C1. The van der Waals surface area contributed by atoms with Gasteiger partial charge < -0.3 is 9.47 Å². The minimum atomic E-state index is -1.43. The van der Waals surface area contributed by atoms with Gasteiger partial charge >= 0.3 is 0 Å². The van der Waals surface area contributed by atoms with Crippen LogP contribution in [0.2, 0.25) is 0 Å². The largest absolute Gasteiger partial charge is 0.493 e. The van der Waals surface area contributed by atoms with Crippen LogP contribution < -0.4 is 9.47 Å². The molecule has 1 fully saturated rings. The van der Waals surface area contributed by atoms with E-state index in [1.54, 1.807) is 34.6 Å². The first-order valence-corrected chi connectivity index (χ1v) is 9.58. The Kier molecular flexibility index (Phi) is 5.64. The van der Waals surface area contributed by atoms with Crippen molar-refractivity contribution in [3.63, 3.8) is 0 Å². The Balaban J connectivity index is 1.65. The Morgan fingerprint density at radius 3 is 2.50 bits per heavy atom. The maximum atomic E-state index is 13.9. The highest BCUT2D eigenvalue weighted by molar-refractivity contribution is 7.82. The minimum Gasteiger partial charge on any atom is -0.493 e. The molecular weight excluding hydrogens is 381 g/mol. The maximum Gasteiger partial charge on any atom is 0.164 e. The molecule has 8 heteroatoms. The Hall–Kier alpha value is -2.94. The molecule has 6 nitrogen and oxygen atoms in total. The summed E-state index contributed by atoms with van der Waals surface area (Å²) in [5, 5.41) is 18.1. The molecule has 1 saturated heterocycles. The molecule has 0 aliphatic carbocycles. The van der Waals surface area contributed by atoms with Gasteiger partial charge in [-0.25, -0.2) is 12.9 Å². The number of nitrogens with zero attached hydrogens (tertiary/aromatic N) is 3. The summed E-state index contributed by atoms with van der Waals surface area (Å²) in [4.78, 5) is 0.490. The molecule has 1 aliphatic rings. The molecule has 1 heterocycles. The molecule has 0 radical (unpaired) electrons. The first-order chi connectivity index (χ1) is 13.4. The van der Waals surface area contributed by atoms with E-state index in [1.165, 1.54) is 13.2 Å². The van der Waals surface area contributed by atoms with E-state index in [0.29, 0.717) is 23.5 Å². The summed E-state index contributed by atoms with van der Waals surface area (Å²) in [6.07, 6.45) is 0. The predicted molar refractivity (Wildman–Crippen MR) is 100 cm³/mol. The second-order valence-corrected chi connectivity index (χ2v) is 8.30. The normalized spacial score (nSPS) is 16.3.